The van der Waals surface area contributed by atoms with E-state index >= 15 is 0 Å². The number of nitrogens with one attached hydrogen (secondary N) is 3. The van der Waals surface area contributed by atoms with E-state index in [-0.39, 0.29) is 17.2 Å². The van der Waals surface area contributed by atoms with Crippen LogP contribution in [0.25, 0.3) is 6.08 Å². The molecule has 0 saturated heterocycles. The van der Waals surface area contributed by atoms with Crippen LogP contribution in [-0.4, -0.2) is 34.0 Å². The summed E-state index contributed by atoms with van der Waals surface area (Å²) in [6, 6.07) is 24.7. The Morgan fingerprint density at radius 1 is 0.841 bits per heavy atom. The number of benzene rings is 4. The Bertz CT molecular complexity index is 1740. The van der Waals surface area contributed by atoms with Crippen molar-refractivity contribution >= 4 is 76.1 Å². The van der Waals surface area contributed by atoms with Gasteiger partial charge in [-0.1, -0.05) is 53.5 Å². The lowest BCUT2D eigenvalue weighted by atomic mass is 10.1. The third-order valence-corrected chi connectivity index (χ3v) is 8.00. The molecule has 0 saturated carbocycles. The van der Waals surface area contributed by atoms with Crippen LogP contribution in [0, 0.1) is 6.92 Å². The van der Waals surface area contributed by atoms with Gasteiger partial charge in [0.15, 0.2) is 0 Å². The Labute approximate surface area is 268 Å². The van der Waals surface area contributed by atoms with Crippen molar-refractivity contribution in [3.63, 3.8) is 0 Å². The van der Waals surface area contributed by atoms with E-state index in [2.05, 4.69) is 16.0 Å². The van der Waals surface area contributed by atoms with Crippen molar-refractivity contribution in [2.24, 2.45) is 0 Å². The van der Waals surface area contributed by atoms with Crippen molar-refractivity contribution in [3.8, 4) is 0 Å². The summed E-state index contributed by atoms with van der Waals surface area (Å²) < 4.78 is 0. The van der Waals surface area contributed by atoms with Crippen molar-refractivity contribution in [2.45, 2.75) is 24.0 Å². The summed E-state index contributed by atoms with van der Waals surface area (Å²) in [6.07, 6.45) is 1.47. The molecule has 11 heteroatoms. The molecule has 0 heterocycles. The normalized spacial score (nSPS) is 11.8. The molecule has 1 unspecified atom stereocenters. The highest BCUT2D eigenvalue weighted by atomic mass is 35.5. The first-order valence-corrected chi connectivity index (χ1v) is 14.9. The van der Waals surface area contributed by atoms with Gasteiger partial charge in [0, 0.05) is 31.9 Å². The molecule has 3 amide bonds. The number of hydrogen-bond donors (Lipinski definition) is 4. The van der Waals surface area contributed by atoms with Crippen LogP contribution in [0.5, 0.6) is 0 Å². The number of thioether (sulfide) groups is 1. The fourth-order valence-corrected chi connectivity index (χ4v) is 5.24. The molecule has 0 aliphatic rings. The summed E-state index contributed by atoms with van der Waals surface area (Å²) in [5.74, 6) is -2.42. The number of anilines is 2. The summed E-state index contributed by atoms with van der Waals surface area (Å²) in [7, 11) is 0. The van der Waals surface area contributed by atoms with Crippen molar-refractivity contribution in [3.05, 3.63) is 129 Å². The van der Waals surface area contributed by atoms with Crippen LogP contribution >= 0.6 is 35.0 Å². The Hall–Kier alpha value is -4.57. The predicted octanol–water partition coefficient (Wildman–Crippen LogP) is 7.53. The quantitative estimate of drug-likeness (QED) is 0.104. The molecule has 0 aliphatic heterocycles. The number of amides is 3. The Morgan fingerprint density at radius 2 is 1.55 bits per heavy atom. The molecular formula is C33H27Cl2N3O5S. The average molecular weight is 649 g/mol. The molecule has 0 bridgehead atoms. The maximum atomic E-state index is 13.3. The largest absolute Gasteiger partial charge is 0.478 e. The highest BCUT2D eigenvalue weighted by Crippen LogP contribution is 2.27. The number of rotatable bonds is 10. The van der Waals surface area contributed by atoms with Gasteiger partial charge in [0.1, 0.15) is 5.70 Å². The van der Waals surface area contributed by atoms with Crippen molar-refractivity contribution in [1.29, 1.82) is 0 Å². The van der Waals surface area contributed by atoms with Gasteiger partial charge < -0.3 is 21.1 Å². The Kier molecular flexibility index (Phi) is 10.8. The van der Waals surface area contributed by atoms with E-state index in [4.69, 9.17) is 23.2 Å². The van der Waals surface area contributed by atoms with Crippen molar-refractivity contribution < 1.29 is 24.3 Å². The molecule has 4 rings (SSSR count). The molecule has 8 nitrogen and oxygen atoms in total. The van der Waals surface area contributed by atoms with Gasteiger partial charge in [-0.2, -0.15) is 0 Å². The first-order valence-electron chi connectivity index (χ1n) is 13.3. The third-order valence-electron chi connectivity index (χ3n) is 6.33. The minimum atomic E-state index is -1.08. The van der Waals surface area contributed by atoms with Gasteiger partial charge in [0.2, 0.25) is 5.91 Å². The van der Waals surface area contributed by atoms with Crippen LogP contribution in [0.2, 0.25) is 10.0 Å². The summed E-state index contributed by atoms with van der Waals surface area (Å²) in [5.41, 5.74) is 2.54. The molecule has 4 N–H and O–H groups in total. The van der Waals surface area contributed by atoms with Gasteiger partial charge in [0.05, 0.1) is 10.8 Å². The molecule has 0 aromatic heterocycles. The SMILES string of the molecule is Cc1ccc(C(=O)O)cc1NC(=O)C(C)Sc1ccc(NC(=O)/C(=C/c2ccc(Cl)cc2Cl)NC(=O)c2ccccc2)cc1. The number of carbonyl (C=O) groups is 4. The maximum Gasteiger partial charge on any atom is 0.335 e. The molecule has 4 aromatic carbocycles. The molecule has 0 aliphatic carbocycles. The Balaban J connectivity index is 1.45. The average Bonchev–Trinajstić information content (AvgIpc) is 3.00. The van der Waals surface area contributed by atoms with Gasteiger partial charge in [-0.3, -0.25) is 14.4 Å². The highest BCUT2D eigenvalue weighted by Gasteiger charge is 2.18. The van der Waals surface area contributed by atoms with Crippen LogP contribution in [-0.2, 0) is 9.59 Å². The second kappa shape index (κ2) is 14.7. The minimum Gasteiger partial charge on any atom is -0.478 e. The van der Waals surface area contributed by atoms with Gasteiger partial charge >= 0.3 is 5.97 Å². The molecule has 224 valence electrons. The molecule has 0 spiro atoms. The molecular weight excluding hydrogens is 621 g/mol. The van der Waals surface area contributed by atoms with E-state index in [0.29, 0.717) is 32.5 Å². The summed E-state index contributed by atoms with van der Waals surface area (Å²) in [4.78, 5) is 51.1. The Morgan fingerprint density at radius 3 is 2.20 bits per heavy atom. The number of carboxylic acid groups (broad SMARTS) is 1. The van der Waals surface area contributed by atoms with E-state index in [0.717, 1.165) is 10.5 Å². The smallest absolute Gasteiger partial charge is 0.335 e. The van der Waals surface area contributed by atoms with Gasteiger partial charge in [0.25, 0.3) is 11.8 Å². The maximum absolute atomic E-state index is 13.3. The fraction of sp³-hybridized carbons (Fsp3) is 0.0909. The van der Waals surface area contributed by atoms with Crippen LogP contribution in [0.4, 0.5) is 11.4 Å². The highest BCUT2D eigenvalue weighted by molar-refractivity contribution is 8.00. The number of hydrogen-bond acceptors (Lipinski definition) is 5. The zero-order valence-electron chi connectivity index (χ0n) is 23.6. The van der Waals surface area contributed by atoms with Gasteiger partial charge in [-0.05, 0) is 91.7 Å². The second-order valence-electron chi connectivity index (χ2n) is 9.61. The number of aromatic carboxylic acids is 1. The van der Waals surface area contributed by atoms with E-state index in [9.17, 15) is 24.3 Å². The van der Waals surface area contributed by atoms with E-state index < -0.39 is 23.0 Å². The molecule has 0 radical (unpaired) electrons. The number of carboxylic acids is 1. The van der Waals surface area contributed by atoms with E-state index in [1.165, 1.54) is 36.0 Å². The van der Waals surface area contributed by atoms with Crippen molar-refractivity contribution in [2.75, 3.05) is 10.6 Å². The molecule has 1 atom stereocenters. The van der Waals surface area contributed by atoms with Crippen LogP contribution < -0.4 is 16.0 Å². The summed E-state index contributed by atoms with van der Waals surface area (Å²) in [5, 5.41) is 17.7. The first kappa shape index (κ1) is 32.3. The fourth-order valence-electron chi connectivity index (χ4n) is 3.91. The lowest BCUT2D eigenvalue weighted by Crippen LogP contribution is -2.30. The van der Waals surface area contributed by atoms with Crippen LogP contribution in [0.15, 0.2) is 102 Å². The van der Waals surface area contributed by atoms with Crippen molar-refractivity contribution in [1.82, 2.24) is 5.32 Å². The standard InChI is InChI=1S/C33H27Cl2N3O5S/c1-19-8-9-23(33(42)43)17-28(19)37-30(39)20(2)44-26-14-12-25(13-15-26)36-32(41)29(16-22-10-11-24(34)18-27(22)35)38-31(40)21-6-4-3-5-7-21/h3-18,20H,1-2H3,(H,36,41)(H,37,39)(H,38,40)(H,42,43)/b29-16-. The summed E-state index contributed by atoms with van der Waals surface area (Å²) >= 11 is 13.6. The van der Waals surface area contributed by atoms with Crippen LogP contribution in [0.1, 0.15) is 38.8 Å². The number of carbonyl (C=O) groups excluding carboxylic acids is 3. The minimum absolute atomic E-state index is 0.0333. The lowest BCUT2D eigenvalue weighted by molar-refractivity contribution is -0.115. The monoisotopic (exact) mass is 647 g/mol. The third kappa shape index (κ3) is 8.73. The van der Waals surface area contributed by atoms with Gasteiger partial charge in [-0.25, -0.2) is 4.79 Å². The number of halogens is 2. The zero-order chi connectivity index (χ0) is 31.8. The number of aryl methyl sites for hydroxylation is 1. The molecule has 4 aromatic rings. The van der Waals surface area contributed by atoms with Crippen LogP contribution in [0.3, 0.4) is 0 Å². The lowest BCUT2D eigenvalue weighted by Gasteiger charge is -2.15. The topological polar surface area (TPSA) is 125 Å². The molecule has 0 fully saturated rings. The van der Waals surface area contributed by atoms with E-state index in [1.54, 1.807) is 86.6 Å². The molecule has 44 heavy (non-hydrogen) atoms. The van der Waals surface area contributed by atoms with Gasteiger partial charge in [-0.15, -0.1) is 11.8 Å². The zero-order valence-corrected chi connectivity index (χ0v) is 25.9. The summed E-state index contributed by atoms with van der Waals surface area (Å²) in [6.45, 7) is 3.52. The van der Waals surface area contributed by atoms with E-state index in [1.807, 2.05) is 0 Å². The first-order chi connectivity index (χ1) is 21.0. The second-order valence-corrected chi connectivity index (χ2v) is 11.9. The predicted molar refractivity (Wildman–Crippen MR) is 176 cm³/mol.